The van der Waals surface area contributed by atoms with Gasteiger partial charge in [-0.1, -0.05) is 19.9 Å². The van der Waals surface area contributed by atoms with E-state index in [2.05, 4.69) is 18.7 Å². The highest BCUT2D eigenvalue weighted by Crippen LogP contribution is 2.57. The molecule has 1 aromatic rings. The van der Waals surface area contributed by atoms with Crippen molar-refractivity contribution in [3.63, 3.8) is 0 Å². The Bertz CT molecular complexity index is 709. The van der Waals surface area contributed by atoms with Gasteiger partial charge >= 0.3 is 0 Å². The summed E-state index contributed by atoms with van der Waals surface area (Å²) in [7, 11) is 1.95. The Kier molecular flexibility index (Phi) is 4.83. The molecule has 4 heterocycles. The van der Waals surface area contributed by atoms with Gasteiger partial charge in [0.05, 0.1) is 10.3 Å². The van der Waals surface area contributed by atoms with E-state index in [0.717, 1.165) is 63.4 Å². The van der Waals surface area contributed by atoms with Crippen molar-refractivity contribution < 1.29 is 9.59 Å². The van der Waals surface area contributed by atoms with Gasteiger partial charge in [0.25, 0.3) is 5.91 Å². The van der Waals surface area contributed by atoms with Gasteiger partial charge in [-0.05, 0) is 36.6 Å². The van der Waals surface area contributed by atoms with Gasteiger partial charge < -0.3 is 14.7 Å². The van der Waals surface area contributed by atoms with Crippen LogP contribution in [0.3, 0.4) is 0 Å². The largest absolute Gasteiger partial charge is 0.345 e. The molecule has 0 saturated carbocycles. The molecule has 3 saturated heterocycles. The number of fused-ring (bicyclic) bond motifs is 1. The summed E-state index contributed by atoms with van der Waals surface area (Å²) in [6, 6.07) is 3.85. The Hall–Kier alpha value is -1.40. The predicted octanol–water partition coefficient (Wildman–Crippen LogP) is 2.79. The number of nitrogens with zero attached hydrogens (tertiary/aromatic N) is 3. The zero-order valence-electron chi connectivity index (χ0n) is 16.7. The van der Waals surface area contributed by atoms with Crippen LogP contribution in [0.25, 0.3) is 0 Å². The van der Waals surface area contributed by atoms with Crippen LogP contribution in [0.1, 0.15) is 42.8 Å². The second kappa shape index (κ2) is 6.89. The third-order valence-electron chi connectivity index (χ3n) is 7.03. The van der Waals surface area contributed by atoms with Crippen LogP contribution < -0.4 is 0 Å². The van der Waals surface area contributed by atoms with Crippen LogP contribution in [-0.2, 0) is 4.79 Å². The van der Waals surface area contributed by atoms with Gasteiger partial charge in [-0.15, -0.1) is 11.3 Å². The Balaban J connectivity index is 1.55. The predicted molar refractivity (Wildman–Crippen MR) is 108 cm³/mol. The first-order valence-corrected chi connectivity index (χ1v) is 11.1. The molecular weight excluding hydrogens is 358 g/mol. The monoisotopic (exact) mass is 389 g/mol. The Morgan fingerprint density at radius 1 is 1.19 bits per heavy atom. The van der Waals surface area contributed by atoms with Crippen molar-refractivity contribution in [1.82, 2.24) is 14.7 Å². The van der Waals surface area contributed by atoms with Crippen molar-refractivity contribution in [1.29, 1.82) is 0 Å². The summed E-state index contributed by atoms with van der Waals surface area (Å²) in [5, 5.41) is 1.96. The molecule has 4 rings (SSSR count). The van der Waals surface area contributed by atoms with E-state index >= 15 is 0 Å². The lowest BCUT2D eigenvalue weighted by atomic mass is 9.60. The summed E-state index contributed by atoms with van der Waals surface area (Å²) in [4.78, 5) is 33.3. The first-order valence-electron chi connectivity index (χ1n) is 10.2. The fourth-order valence-electron chi connectivity index (χ4n) is 5.73. The second-order valence-corrected chi connectivity index (χ2v) is 10.1. The Labute approximate surface area is 166 Å². The van der Waals surface area contributed by atoms with Crippen LogP contribution >= 0.6 is 11.3 Å². The van der Waals surface area contributed by atoms with E-state index < -0.39 is 0 Å². The highest BCUT2D eigenvalue weighted by molar-refractivity contribution is 7.12. The maximum atomic E-state index is 13.3. The summed E-state index contributed by atoms with van der Waals surface area (Å²) in [6.45, 7) is 9.87. The maximum absolute atomic E-state index is 13.3. The number of rotatable bonds is 3. The number of hydrogen-bond acceptors (Lipinski definition) is 4. The van der Waals surface area contributed by atoms with Crippen LogP contribution in [0.2, 0.25) is 0 Å². The van der Waals surface area contributed by atoms with Gasteiger partial charge in [0.2, 0.25) is 5.91 Å². The minimum Gasteiger partial charge on any atom is -0.345 e. The molecule has 0 bridgehead atoms. The molecule has 1 atom stereocenters. The van der Waals surface area contributed by atoms with Gasteiger partial charge in [0.15, 0.2) is 0 Å². The molecule has 5 nitrogen and oxygen atoms in total. The molecule has 3 aliphatic heterocycles. The number of amides is 2. The summed E-state index contributed by atoms with van der Waals surface area (Å²) < 4.78 is 0. The lowest BCUT2D eigenvalue weighted by molar-refractivity contribution is -0.141. The third kappa shape index (κ3) is 3.01. The first-order chi connectivity index (χ1) is 12.9. The number of piperidine rings is 1. The van der Waals surface area contributed by atoms with E-state index in [1.54, 1.807) is 0 Å². The number of likely N-dealkylation sites (tertiary alicyclic amines) is 3. The quantitative estimate of drug-likeness (QED) is 0.798. The van der Waals surface area contributed by atoms with Gasteiger partial charge in [-0.3, -0.25) is 9.59 Å². The molecule has 27 heavy (non-hydrogen) atoms. The van der Waals surface area contributed by atoms with E-state index in [1.165, 1.54) is 11.3 Å². The van der Waals surface area contributed by atoms with Gasteiger partial charge in [0.1, 0.15) is 0 Å². The lowest BCUT2D eigenvalue weighted by Gasteiger charge is -2.47. The fraction of sp³-hybridized carbons (Fsp3) is 0.714. The summed E-state index contributed by atoms with van der Waals surface area (Å²) >= 11 is 1.51. The minimum absolute atomic E-state index is 0.0238. The van der Waals surface area contributed by atoms with Crippen molar-refractivity contribution in [2.24, 2.45) is 16.7 Å². The smallest absolute Gasteiger partial charge is 0.263 e. The highest BCUT2D eigenvalue weighted by Gasteiger charge is 2.64. The molecule has 0 radical (unpaired) electrons. The SMILES string of the molecule is CC(C)CN1CC2(CCN(C(=O)c3cccs3)CC2)C2(CCN(C)C2=O)C1. The van der Waals surface area contributed by atoms with E-state index in [4.69, 9.17) is 0 Å². The summed E-state index contributed by atoms with van der Waals surface area (Å²) in [6.07, 6.45) is 2.85. The Morgan fingerprint density at radius 2 is 1.93 bits per heavy atom. The van der Waals surface area contributed by atoms with Crippen molar-refractivity contribution in [2.45, 2.75) is 33.1 Å². The fourth-order valence-corrected chi connectivity index (χ4v) is 6.42. The van der Waals surface area contributed by atoms with E-state index in [-0.39, 0.29) is 16.7 Å². The topological polar surface area (TPSA) is 43.9 Å². The van der Waals surface area contributed by atoms with Gasteiger partial charge in [-0.2, -0.15) is 0 Å². The van der Waals surface area contributed by atoms with Crippen LogP contribution in [0.15, 0.2) is 17.5 Å². The Morgan fingerprint density at radius 3 is 2.48 bits per heavy atom. The molecule has 2 amide bonds. The standard InChI is InChI=1S/C21H31N3O2S/c1-16(2)13-23-14-20(21(15-23)8-9-22(3)19(21)26)6-10-24(11-7-20)18(25)17-5-4-12-27-17/h4-5,12,16H,6-11,13-15H2,1-3H3. The molecule has 1 aromatic heterocycles. The summed E-state index contributed by atoms with van der Waals surface area (Å²) in [5.41, 5.74) is -0.218. The van der Waals surface area contributed by atoms with Crippen LogP contribution in [0, 0.1) is 16.7 Å². The number of thiophene rings is 1. The highest BCUT2D eigenvalue weighted by atomic mass is 32.1. The average Bonchev–Trinajstić information content (AvgIpc) is 3.32. The van der Waals surface area contributed by atoms with Crippen LogP contribution in [0.5, 0.6) is 0 Å². The van der Waals surface area contributed by atoms with E-state index in [0.29, 0.717) is 11.8 Å². The maximum Gasteiger partial charge on any atom is 0.263 e. The number of carbonyl (C=O) groups is 2. The van der Waals surface area contributed by atoms with Crippen molar-refractivity contribution >= 4 is 23.2 Å². The average molecular weight is 390 g/mol. The summed E-state index contributed by atoms with van der Waals surface area (Å²) in [5.74, 6) is 1.10. The zero-order valence-corrected chi connectivity index (χ0v) is 17.6. The molecule has 6 heteroatoms. The van der Waals surface area contributed by atoms with E-state index in [9.17, 15) is 9.59 Å². The second-order valence-electron chi connectivity index (χ2n) is 9.17. The first kappa shape index (κ1) is 18.9. The van der Waals surface area contributed by atoms with Crippen molar-refractivity contribution in [2.75, 3.05) is 46.3 Å². The van der Waals surface area contributed by atoms with Crippen LogP contribution in [-0.4, -0.2) is 72.8 Å². The molecule has 1 unspecified atom stereocenters. The number of carbonyl (C=O) groups excluding carboxylic acids is 2. The van der Waals surface area contributed by atoms with Crippen molar-refractivity contribution in [3.8, 4) is 0 Å². The van der Waals surface area contributed by atoms with Crippen LogP contribution in [0.4, 0.5) is 0 Å². The molecule has 2 spiro atoms. The van der Waals surface area contributed by atoms with Gasteiger partial charge in [-0.25, -0.2) is 0 Å². The molecule has 3 fully saturated rings. The zero-order chi connectivity index (χ0) is 19.2. The molecule has 0 aliphatic carbocycles. The molecule has 3 aliphatic rings. The number of hydrogen-bond donors (Lipinski definition) is 0. The van der Waals surface area contributed by atoms with E-state index in [1.807, 2.05) is 34.4 Å². The van der Waals surface area contributed by atoms with Gasteiger partial charge in [0, 0.05) is 51.7 Å². The molecule has 0 N–H and O–H groups in total. The molecule has 148 valence electrons. The lowest BCUT2D eigenvalue weighted by Crippen LogP contribution is -2.53. The molecular formula is C21H31N3O2S. The normalized spacial score (nSPS) is 28.2. The van der Waals surface area contributed by atoms with Crippen molar-refractivity contribution in [3.05, 3.63) is 22.4 Å². The third-order valence-corrected chi connectivity index (χ3v) is 7.89. The molecule has 0 aromatic carbocycles. The minimum atomic E-state index is -0.241.